The van der Waals surface area contributed by atoms with Gasteiger partial charge in [-0.1, -0.05) is 6.92 Å². The van der Waals surface area contributed by atoms with Gasteiger partial charge in [0.1, 0.15) is 0 Å². The average Bonchev–Trinajstić information content (AvgIpc) is 1.35. The predicted octanol–water partition coefficient (Wildman–Crippen LogP) is 1.68. The summed E-state index contributed by atoms with van der Waals surface area (Å²) in [5, 5.41) is 0. The van der Waals surface area contributed by atoms with E-state index < -0.39 is 6.43 Å². The zero-order valence-electron chi connectivity index (χ0n) is 3.32. The molecular formula is C4H6F2. The van der Waals surface area contributed by atoms with Crippen LogP contribution in [0.1, 0.15) is 6.42 Å². The molecule has 0 aromatic rings. The molecule has 0 aromatic carbocycles. The SMILES string of the molecule is [CH2]C[CH]C(F)F. The monoisotopic (exact) mass is 92.0 g/mol. The van der Waals surface area contributed by atoms with Gasteiger partial charge in [-0.25, -0.2) is 8.78 Å². The summed E-state index contributed by atoms with van der Waals surface area (Å²) in [7, 11) is 0. The van der Waals surface area contributed by atoms with E-state index in [0.717, 1.165) is 6.42 Å². The van der Waals surface area contributed by atoms with Crippen LogP contribution in [0.2, 0.25) is 0 Å². The Balaban J connectivity index is 2.63. The van der Waals surface area contributed by atoms with Gasteiger partial charge in [0, 0.05) is 6.42 Å². The Morgan fingerprint density at radius 1 is 1.67 bits per heavy atom. The Morgan fingerprint density at radius 2 is 2.17 bits per heavy atom. The van der Waals surface area contributed by atoms with Crippen LogP contribution in [-0.2, 0) is 0 Å². The van der Waals surface area contributed by atoms with Crippen LogP contribution in [0.15, 0.2) is 0 Å². The van der Waals surface area contributed by atoms with Gasteiger partial charge in [-0.3, -0.25) is 0 Å². The van der Waals surface area contributed by atoms with Crippen LogP contribution >= 0.6 is 0 Å². The van der Waals surface area contributed by atoms with Crippen molar-refractivity contribution in [1.29, 1.82) is 0 Å². The maximum Gasteiger partial charge on any atom is 0.241 e. The number of halogens is 2. The molecule has 0 N–H and O–H groups in total. The molecule has 0 nitrogen and oxygen atoms in total. The molecule has 0 aromatic heterocycles. The van der Waals surface area contributed by atoms with Gasteiger partial charge < -0.3 is 0 Å². The highest BCUT2D eigenvalue weighted by Crippen LogP contribution is 1.98. The quantitative estimate of drug-likeness (QED) is 0.486. The summed E-state index contributed by atoms with van der Waals surface area (Å²) in [5.74, 6) is 0. The summed E-state index contributed by atoms with van der Waals surface area (Å²) in [4.78, 5) is 0. The van der Waals surface area contributed by atoms with Gasteiger partial charge in [0.05, 0.1) is 0 Å². The van der Waals surface area contributed by atoms with Crippen molar-refractivity contribution >= 4 is 0 Å². The van der Waals surface area contributed by atoms with Crippen LogP contribution in [0.5, 0.6) is 0 Å². The van der Waals surface area contributed by atoms with Crippen molar-refractivity contribution in [1.82, 2.24) is 0 Å². The first-order valence-electron chi connectivity index (χ1n) is 1.68. The van der Waals surface area contributed by atoms with Gasteiger partial charge in [-0.05, 0) is 6.42 Å². The van der Waals surface area contributed by atoms with E-state index >= 15 is 0 Å². The zero-order chi connectivity index (χ0) is 4.99. The Hall–Kier alpha value is -0.140. The van der Waals surface area contributed by atoms with Crippen molar-refractivity contribution in [2.45, 2.75) is 12.8 Å². The first kappa shape index (κ1) is 5.86. The molecule has 0 aliphatic carbocycles. The second-order valence-electron chi connectivity index (χ2n) is 0.859. The lowest BCUT2D eigenvalue weighted by Gasteiger charge is -1.87. The predicted molar refractivity (Wildman–Crippen MR) is 20.3 cm³/mol. The fraction of sp³-hybridized carbons (Fsp3) is 0.500. The van der Waals surface area contributed by atoms with E-state index in [4.69, 9.17) is 0 Å². The maximum absolute atomic E-state index is 10.9. The average molecular weight is 92.1 g/mol. The highest BCUT2D eigenvalue weighted by Gasteiger charge is 1.96. The number of rotatable bonds is 2. The minimum Gasteiger partial charge on any atom is -0.210 e. The summed E-state index contributed by atoms with van der Waals surface area (Å²) < 4.78 is 21.9. The lowest BCUT2D eigenvalue weighted by Crippen LogP contribution is -1.86. The van der Waals surface area contributed by atoms with E-state index in [1.165, 1.54) is 0 Å². The minimum absolute atomic E-state index is 0.206. The van der Waals surface area contributed by atoms with Gasteiger partial charge >= 0.3 is 0 Å². The van der Waals surface area contributed by atoms with Gasteiger partial charge in [0.2, 0.25) is 6.43 Å². The van der Waals surface area contributed by atoms with Crippen molar-refractivity contribution in [2.75, 3.05) is 0 Å². The van der Waals surface area contributed by atoms with Crippen LogP contribution < -0.4 is 0 Å². The molecule has 0 fully saturated rings. The van der Waals surface area contributed by atoms with Gasteiger partial charge in [-0.2, -0.15) is 0 Å². The molecule has 6 heavy (non-hydrogen) atoms. The topological polar surface area (TPSA) is 0 Å². The van der Waals surface area contributed by atoms with Crippen molar-refractivity contribution in [3.05, 3.63) is 13.3 Å². The molecule has 0 bridgehead atoms. The highest BCUT2D eigenvalue weighted by atomic mass is 19.3. The van der Waals surface area contributed by atoms with Crippen LogP contribution in [0.3, 0.4) is 0 Å². The standard InChI is InChI=1S/C4H6F2/c1-2-3-4(5)6/h3-4H,1-2H2. The van der Waals surface area contributed by atoms with E-state index in [9.17, 15) is 8.78 Å². The fourth-order valence-electron chi connectivity index (χ4n) is 0.126. The largest absolute Gasteiger partial charge is 0.241 e. The maximum atomic E-state index is 10.9. The summed E-state index contributed by atoms with van der Waals surface area (Å²) in [5.41, 5.74) is 0. The Kier molecular flexibility index (Phi) is 2.99. The molecule has 0 spiro atoms. The Morgan fingerprint density at radius 3 is 2.17 bits per heavy atom. The Labute approximate surface area is 36.2 Å². The molecule has 0 aliphatic rings. The number of hydrogen-bond donors (Lipinski definition) is 0. The number of hydrogen-bond acceptors (Lipinski definition) is 0. The van der Waals surface area contributed by atoms with Crippen LogP contribution in [-0.4, -0.2) is 6.43 Å². The lowest BCUT2D eigenvalue weighted by atomic mass is 10.4. The molecule has 0 saturated heterocycles. The van der Waals surface area contributed by atoms with E-state index in [1.807, 2.05) is 0 Å². The molecule has 0 unspecified atom stereocenters. The normalized spacial score (nSPS) is 10.0. The van der Waals surface area contributed by atoms with Crippen LogP contribution in [0, 0.1) is 13.3 Å². The summed E-state index contributed by atoms with van der Waals surface area (Å²) >= 11 is 0. The van der Waals surface area contributed by atoms with E-state index in [2.05, 4.69) is 6.92 Å². The molecular weight excluding hydrogens is 86.0 g/mol. The molecule has 2 radical (unpaired) electrons. The zero-order valence-corrected chi connectivity index (χ0v) is 3.32. The van der Waals surface area contributed by atoms with Crippen LogP contribution in [0.25, 0.3) is 0 Å². The van der Waals surface area contributed by atoms with Crippen molar-refractivity contribution in [3.8, 4) is 0 Å². The third-order valence-corrected chi connectivity index (χ3v) is 0.345. The first-order valence-corrected chi connectivity index (χ1v) is 1.68. The second-order valence-corrected chi connectivity index (χ2v) is 0.859. The van der Waals surface area contributed by atoms with Gasteiger partial charge in [0.25, 0.3) is 0 Å². The molecule has 2 heteroatoms. The summed E-state index contributed by atoms with van der Waals surface area (Å²) in [6.07, 6.45) is -1.24. The molecule has 36 valence electrons. The Bertz CT molecular complexity index is 26.7. The molecule has 0 amide bonds. The number of alkyl halides is 2. The van der Waals surface area contributed by atoms with Gasteiger partial charge in [0.15, 0.2) is 0 Å². The minimum atomic E-state index is -2.29. The smallest absolute Gasteiger partial charge is 0.210 e. The van der Waals surface area contributed by atoms with Crippen molar-refractivity contribution < 1.29 is 8.78 Å². The molecule has 0 rings (SSSR count). The second kappa shape index (κ2) is 3.07. The highest BCUT2D eigenvalue weighted by molar-refractivity contribution is 4.66. The van der Waals surface area contributed by atoms with Crippen molar-refractivity contribution in [2.24, 2.45) is 0 Å². The summed E-state index contributed by atoms with van der Waals surface area (Å²) in [6.45, 7) is 3.19. The fourth-order valence-corrected chi connectivity index (χ4v) is 0.126. The van der Waals surface area contributed by atoms with E-state index in [0.29, 0.717) is 0 Å². The summed E-state index contributed by atoms with van der Waals surface area (Å²) in [6, 6.07) is 0. The van der Waals surface area contributed by atoms with Gasteiger partial charge in [-0.15, -0.1) is 0 Å². The lowest BCUT2D eigenvalue weighted by molar-refractivity contribution is 0.183. The first-order chi connectivity index (χ1) is 2.77. The van der Waals surface area contributed by atoms with Crippen LogP contribution in [0.4, 0.5) is 8.78 Å². The van der Waals surface area contributed by atoms with Crippen molar-refractivity contribution in [3.63, 3.8) is 0 Å². The third kappa shape index (κ3) is 3.86. The van der Waals surface area contributed by atoms with E-state index in [-0.39, 0.29) is 6.42 Å². The molecule has 0 aliphatic heterocycles. The molecule has 0 heterocycles. The molecule has 0 atom stereocenters. The molecule has 0 saturated carbocycles. The third-order valence-electron chi connectivity index (χ3n) is 0.345. The van der Waals surface area contributed by atoms with E-state index in [1.54, 1.807) is 0 Å².